The fraction of sp³-hybridized carbons (Fsp3) is 0.214. The molecule has 0 aliphatic carbocycles. The quantitative estimate of drug-likeness (QED) is 0.637. The van der Waals surface area contributed by atoms with Gasteiger partial charge in [0.1, 0.15) is 11.3 Å². The number of phenols is 1. The van der Waals surface area contributed by atoms with E-state index in [4.69, 9.17) is 4.42 Å². The number of hydrogen-bond acceptors (Lipinski definition) is 3. The van der Waals surface area contributed by atoms with Crippen molar-refractivity contribution in [3.63, 3.8) is 0 Å². The Hall–Kier alpha value is -2.03. The van der Waals surface area contributed by atoms with Gasteiger partial charge in [0.15, 0.2) is 0 Å². The summed E-state index contributed by atoms with van der Waals surface area (Å²) in [4.78, 5) is 11.2. The molecule has 1 aromatic carbocycles. The molecular formula is C14H14O3. The molecule has 1 heterocycles. The smallest absolute Gasteiger partial charge is 0.336 e. The minimum atomic E-state index is -0.400. The van der Waals surface area contributed by atoms with Gasteiger partial charge in [0, 0.05) is 23.4 Å². The molecule has 0 spiro atoms. The van der Waals surface area contributed by atoms with E-state index in [1.807, 2.05) is 19.9 Å². The lowest BCUT2D eigenvalue weighted by Crippen LogP contribution is -1.98. The van der Waals surface area contributed by atoms with Crippen molar-refractivity contribution in [3.05, 3.63) is 51.9 Å². The Morgan fingerprint density at radius 2 is 2.06 bits per heavy atom. The van der Waals surface area contributed by atoms with Gasteiger partial charge in [-0.15, -0.1) is 0 Å². The van der Waals surface area contributed by atoms with Gasteiger partial charge in [0.2, 0.25) is 0 Å². The minimum absolute atomic E-state index is 0.160. The Morgan fingerprint density at radius 3 is 2.76 bits per heavy atom. The second-order valence-corrected chi connectivity index (χ2v) is 4.05. The van der Waals surface area contributed by atoms with E-state index in [9.17, 15) is 9.90 Å². The fourth-order valence-electron chi connectivity index (χ4n) is 1.73. The largest absolute Gasteiger partial charge is 0.508 e. The van der Waals surface area contributed by atoms with Crippen LogP contribution in [0.5, 0.6) is 5.75 Å². The lowest BCUT2D eigenvalue weighted by atomic mass is 10.0. The van der Waals surface area contributed by atoms with Crippen molar-refractivity contribution in [1.82, 2.24) is 0 Å². The summed E-state index contributed by atoms with van der Waals surface area (Å²) < 4.78 is 5.18. The fourth-order valence-corrected chi connectivity index (χ4v) is 1.73. The standard InChI is InChI=1S/C14H14O3/c1-3-9(2)8-11-12(15)6-4-10-5-7-13(16)17-14(10)11/h3-7,15H,8H2,1-2H3. The monoisotopic (exact) mass is 230 g/mol. The SMILES string of the molecule is CC=C(C)Cc1c(O)ccc2ccc(=O)oc12. The third kappa shape index (κ3) is 2.23. The normalized spacial score (nSPS) is 12.0. The van der Waals surface area contributed by atoms with Crippen molar-refractivity contribution in [2.45, 2.75) is 20.3 Å². The van der Waals surface area contributed by atoms with Crippen LogP contribution >= 0.6 is 0 Å². The van der Waals surface area contributed by atoms with Crippen LogP contribution in [0.4, 0.5) is 0 Å². The van der Waals surface area contributed by atoms with E-state index in [1.54, 1.807) is 18.2 Å². The third-order valence-electron chi connectivity index (χ3n) is 2.82. The Balaban J connectivity index is 2.70. The number of allylic oxidation sites excluding steroid dienone is 2. The van der Waals surface area contributed by atoms with Crippen LogP contribution in [-0.4, -0.2) is 5.11 Å². The molecule has 1 aromatic heterocycles. The van der Waals surface area contributed by atoms with E-state index in [2.05, 4.69) is 0 Å². The minimum Gasteiger partial charge on any atom is -0.508 e. The number of rotatable bonds is 2. The molecule has 2 aromatic rings. The molecule has 0 aliphatic rings. The summed E-state index contributed by atoms with van der Waals surface area (Å²) in [6, 6.07) is 6.45. The van der Waals surface area contributed by atoms with E-state index >= 15 is 0 Å². The van der Waals surface area contributed by atoms with Crippen molar-refractivity contribution in [2.75, 3.05) is 0 Å². The van der Waals surface area contributed by atoms with Crippen molar-refractivity contribution in [1.29, 1.82) is 0 Å². The van der Waals surface area contributed by atoms with Gasteiger partial charge in [0.05, 0.1) is 0 Å². The summed E-state index contributed by atoms with van der Waals surface area (Å²) in [5.41, 5.74) is 1.84. The number of fused-ring (bicyclic) bond motifs is 1. The molecule has 1 N–H and O–H groups in total. The number of phenolic OH excluding ortho intramolecular Hbond substituents is 1. The van der Waals surface area contributed by atoms with Crippen LogP contribution in [0.1, 0.15) is 19.4 Å². The van der Waals surface area contributed by atoms with Crippen molar-refractivity contribution >= 4 is 11.0 Å². The molecule has 0 fully saturated rings. The van der Waals surface area contributed by atoms with E-state index in [1.165, 1.54) is 6.07 Å². The van der Waals surface area contributed by atoms with Crippen molar-refractivity contribution < 1.29 is 9.52 Å². The predicted molar refractivity (Wildman–Crippen MR) is 67.3 cm³/mol. The highest BCUT2D eigenvalue weighted by atomic mass is 16.4. The van der Waals surface area contributed by atoms with E-state index in [0.29, 0.717) is 17.6 Å². The van der Waals surface area contributed by atoms with Crippen LogP contribution in [0.3, 0.4) is 0 Å². The third-order valence-corrected chi connectivity index (χ3v) is 2.82. The zero-order valence-corrected chi connectivity index (χ0v) is 9.86. The Kier molecular flexibility index (Phi) is 3.00. The first-order valence-corrected chi connectivity index (χ1v) is 5.48. The highest BCUT2D eigenvalue weighted by Gasteiger charge is 2.10. The van der Waals surface area contributed by atoms with E-state index < -0.39 is 5.63 Å². The van der Waals surface area contributed by atoms with Crippen LogP contribution in [-0.2, 0) is 6.42 Å². The second kappa shape index (κ2) is 4.45. The van der Waals surface area contributed by atoms with Gasteiger partial charge in [0.25, 0.3) is 0 Å². The number of aromatic hydroxyl groups is 1. The average Bonchev–Trinajstić information content (AvgIpc) is 2.32. The Labute approximate surface area is 99.0 Å². The van der Waals surface area contributed by atoms with Crippen LogP contribution in [0.15, 0.2) is 45.1 Å². The first-order valence-electron chi connectivity index (χ1n) is 5.48. The highest BCUT2D eigenvalue weighted by molar-refractivity contribution is 5.82. The molecule has 3 nitrogen and oxygen atoms in total. The molecule has 0 saturated heterocycles. The van der Waals surface area contributed by atoms with Gasteiger partial charge >= 0.3 is 5.63 Å². The lowest BCUT2D eigenvalue weighted by Gasteiger charge is -2.07. The van der Waals surface area contributed by atoms with Gasteiger partial charge in [-0.3, -0.25) is 0 Å². The molecule has 0 aliphatic heterocycles. The molecule has 17 heavy (non-hydrogen) atoms. The van der Waals surface area contributed by atoms with Crippen LogP contribution in [0, 0.1) is 0 Å². The average molecular weight is 230 g/mol. The van der Waals surface area contributed by atoms with Gasteiger partial charge in [-0.25, -0.2) is 4.79 Å². The maximum atomic E-state index is 11.2. The van der Waals surface area contributed by atoms with Crippen molar-refractivity contribution in [3.8, 4) is 5.75 Å². The maximum absolute atomic E-state index is 11.2. The first-order chi connectivity index (χ1) is 8.11. The maximum Gasteiger partial charge on any atom is 0.336 e. The summed E-state index contributed by atoms with van der Waals surface area (Å²) in [6.07, 6.45) is 2.55. The van der Waals surface area contributed by atoms with Crippen molar-refractivity contribution in [2.24, 2.45) is 0 Å². The van der Waals surface area contributed by atoms with Gasteiger partial charge < -0.3 is 9.52 Å². The Bertz CT molecular complexity index is 635. The van der Waals surface area contributed by atoms with Crippen LogP contribution in [0.25, 0.3) is 11.0 Å². The van der Waals surface area contributed by atoms with Crippen LogP contribution in [0.2, 0.25) is 0 Å². The molecule has 0 amide bonds. The lowest BCUT2D eigenvalue weighted by molar-refractivity contribution is 0.466. The molecule has 88 valence electrons. The zero-order chi connectivity index (χ0) is 12.4. The number of hydrogen-bond donors (Lipinski definition) is 1. The number of benzene rings is 1. The predicted octanol–water partition coefficient (Wildman–Crippen LogP) is 3.01. The molecular weight excluding hydrogens is 216 g/mol. The van der Waals surface area contributed by atoms with E-state index in [0.717, 1.165) is 11.0 Å². The Morgan fingerprint density at radius 1 is 1.35 bits per heavy atom. The van der Waals surface area contributed by atoms with Gasteiger partial charge in [-0.2, -0.15) is 0 Å². The second-order valence-electron chi connectivity index (χ2n) is 4.05. The molecule has 0 unspecified atom stereocenters. The zero-order valence-electron chi connectivity index (χ0n) is 9.86. The summed E-state index contributed by atoms with van der Waals surface area (Å²) in [6.45, 7) is 3.91. The van der Waals surface area contributed by atoms with Gasteiger partial charge in [-0.05, 0) is 32.0 Å². The first kappa shape index (κ1) is 11.5. The topological polar surface area (TPSA) is 50.4 Å². The molecule has 0 atom stereocenters. The van der Waals surface area contributed by atoms with Gasteiger partial charge in [-0.1, -0.05) is 11.6 Å². The summed E-state index contributed by atoms with van der Waals surface area (Å²) >= 11 is 0. The highest BCUT2D eigenvalue weighted by Crippen LogP contribution is 2.28. The molecule has 2 rings (SSSR count). The van der Waals surface area contributed by atoms with Crippen LogP contribution < -0.4 is 5.63 Å². The molecule has 0 bridgehead atoms. The van der Waals surface area contributed by atoms with E-state index in [-0.39, 0.29) is 5.75 Å². The molecule has 0 saturated carbocycles. The summed E-state index contributed by atoms with van der Waals surface area (Å²) in [7, 11) is 0. The molecule has 0 radical (unpaired) electrons. The summed E-state index contributed by atoms with van der Waals surface area (Å²) in [5.74, 6) is 0.160. The summed E-state index contributed by atoms with van der Waals surface area (Å²) in [5, 5.41) is 10.7. The molecule has 3 heteroatoms.